The molecule has 132 valence electrons. The average molecular weight is 444 g/mol. The van der Waals surface area contributed by atoms with Gasteiger partial charge in [-0.05, 0) is 34.0 Å². The Morgan fingerprint density at radius 1 is 1.12 bits per heavy atom. The first-order chi connectivity index (χ1) is 12.0. The van der Waals surface area contributed by atoms with Crippen LogP contribution in [0.1, 0.15) is 12.0 Å². The molecule has 1 amide bonds. The largest absolute Gasteiger partial charge is 0.339 e. The fourth-order valence-electron chi connectivity index (χ4n) is 2.77. The Kier molecular flexibility index (Phi) is 6.15. The van der Waals surface area contributed by atoms with E-state index >= 15 is 0 Å². The number of aromatic nitrogens is 2. The van der Waals surface area contributed by atoms with Crippen LogP contribution in [0.15, 0.2) is 35.1 Å². The molecule has 1 aliphatic rings. The maximum absolute atomic E-state index is 12.4. The van der Waals surface area contributed by atoms with Crippen molar-refractivity contribution in [3.63, 3.8) is 0 Å². The molecule has 2 aromatic rings. The first kappa shape index (κ1) is 18.4. The molecule has 1 aromatic carbocycles. The zero-order chi connectivity index (χ0) is 17.8. The minimum absolute atomic E-state index is 0.132. The summed E-state index contributed by atoms with van der Waals surface area (Å²) in [5, 5.41) is 1.06. The molecule has 1 fully saturated rings. The third-order valence-corrected chi connectivity index (χ3v) is 5.43. The SMILES string of the molecule is O=C(CCc1cccc(Cl)c1Cl)N1CCN(c2ncc(Br)cn2)CC1. The Labute approximate surface area is 165 Å². The third kappa shape index (κ3) is 4.63. The van der Waals surface area contributed by atoms with E-state index in [1.54, 1.807) is 18.5 Å². The predicted octanol–water partition coefficient (Wildman–Crippen LogP) is 3.83. The first-order valence-electron chi connectivity index (χ1n) is 7.98. The van der Waals surface area contributed by atoms with Crippen LogP contribution in [0.4, 0.5) is 5.95 Å². The van der Waals surface area contributed by atoms with Gasteiger partial charge in [0.2, 0.25) is 11.9 Å². The van der Waals surface area contributed by atoms with Crippen LogP contribution in [0.3, 0.4) is 0 Å². The number of hydrogen-bond acceptors (Lipinski definition) is 4. The van der Waals surface area contributed by atoms with E-state index in [0.29, 0.717) is 41.9 Å². The molecule has 2 heterocycles. The van der Waals surface area contributed by atoms with E-state index < -0.39 is 0 Å². The number of benzene rings is 1. The summed E-state index contributed by atoms with van der Waals surface area (Å²) in [6.07, 6.45) is 4.48. The van der Waals surface area contributed by atoms with E-state index in [0.717, 1.165) is 23.1 Å². The Morgan fingerprint density at radius 3 is 2.48 bits per heavy atom. The van der Waals surface area contributed by atoms with Gasteiger partial charge in [-0.1, -0.05) is 35.3 Å². The molecular formula is C17H17BrCl2N4O. The number of rotatable bonds is 4. The lowest BCUT2D eigenvalue weighted by atomic mass is 10.1. The Balaban J connectivity index is 1.51. The third-order valence-electron chi connectivity index (χ3n) is 4.16. The van der Waals surface area contributed by atoms with Crippen LogP contribution in [-0.2, 0) is 11.2 Å². The second-order valence-corrected chi connectivity index (χ2v) is 7.48. The summed E-state index contributed by atoms with van der Waals surface area (Å²) in [4.78, 5) is 25.0. The maximum atomic E-state index is 12.4. The Bertz CT molecular complexity index is 749. The number of anilines is 1. The summed E-state index contributed by atoms with van der Waals surface area (Å²) in [6.45, 7) is 2.79. The van der Waals surface area contributed by atoms with E-state index in [2.05, 4.69) is 30.8 Å². The van der Waals surface area contributed by atoms with Gasteiger partial charge in [-0.15, -0.1) is 0 Å². The van der Waals surface area contributed by atoms with Crippen LogP contribution < -0.4 is 4.90 Å². The molecule has 3 rings (SSSR count). The lowest BCUT2D eigenvalue weighted by Crippen LogP contribution is -2.49. The normalized spacial score (nSPS) is 14.7. The molecular weight excluding hydrogens is 427 g/mol. The van der Waals surface area contributed by atoms with E-state index in [1.165, 1.54) is 0 Å². The number of piperazine rings is 1. The molecule has 0 saturated carbocycles. The van der Waals surface area contributed by atoms with Gasteiger partial charge in [0.05, 0.1) is 14.5 Å². The zero-order valence-corrected chi connectivity index (χ0v) is 16.6. The predicted molar refractivity (Wildman–Crippen MR) is 103 cm³/mol. The van der Waals surface area contributed by atoms with Crippen molar-refractivity contribution < 1.29 is 4.79 Å². The number of carbonyl (C=O) groups is 1. The molecule has 1 saturated heterocycles. The first-order valence-corrected chi connectivity index (χ1v) is 9.52. The van der Waals surface area contributed by atoms with Crippen molar-refractivity contribution in [2.45, 2.75) is 12.8 Å². The number of nitrogens with zero attached hydrogens (tertiary/aromatic N) is 4. The minimum Gasteiger partial charge on any atom is -0.339 e. The van der Waals surface area contributed by atoms with Crippen molar-refractivity contribution in [3.8, 4) is 0 Å². The molecule has 0 spiro atoms. The van der Waals surface area contributed by atoms with Gasteiger partial charge in [-0.25, -0.2) is 9.97 Å². The average Bonchev–Trinajstić information content (AvgIpc) is 2.63. The van der Waals surface area contributed by atoms with E-state index in [-0.39, 0.29) is 5.91 Å². The van der Waals surface area contributed by atoms with Gasteiger partial charge >= 0.3 is 0 Å². The fraction of sp³-hybridized carbons (Fsp3) is 0.353. The quantitative estimate of drug-likeness (QED) is 0.720. The summed E-state index contributed by atoms with van der Waals surface area (Å²) in [5.74, 6) is 0.827. The smallest absolute Gasteiger partial charge is 0.225 e. The monoisotopic (exact) mass is 442 g/mol. The van der Waals surface area contributed by atoms with Crippen LogP contribution in [0.2, 0.25) is 10.0 Å². The van der Waals surface area contributed by atoms with Crippen LogP contribution >= 0.6 is 39.1 Å². The van der Waals surface area contributed by atoms with E-state index in [9.17, 15) is 4.79 Å². The summed E-state index contributed by atoms with van der Waals surface area (Å²) < 4.78 is 0.852. The molecule has 8 heteroatoms. The number of halogens is 3. The van der Waals surface area contributed by atoms with Crippen LogP contribution in [0.25, 0.3) is 0 Å². The van der Waals surface area contributed by atoms with E-state index in [4.69, 9.17) is 23.2 Å². The van der Waals surface area contributed by atoms with Crippen LogP contribution in [0.5, 0.6) is 0 Å². The number of hydrogen-bond donors (Lipinski definition) is 0. The second-order valence-electron chi connectivity index (χ2n) is 5.78. The van der Waals surface area contributed by atoms with Crippen LogP contribution in [-0.4, -0.2) is 47.0 Å². The van der Waals surface area contributed by atoms with E-state index in [1.807, 2.05) is 17.0 Å². The highest BCUT2D eigenvalue weighted by Gasteiger charge is 2.22. The summed E-state index contributed by atoms with van der Waals surface area (Å²) in [6, 6.07) is 5.51. The van der Waals surface area contributed by atoms with Gasteiger partial charge in [0.15, 0.2) is 0 Å². The lowest BCUT2D eigenvalue weighted by Gasteiger charge is -2.34. The minimum atomic E-state index is 0.132. The Morgan fingerprint density at radius 2 is 1.80 bits per heavy atom. The molecule has 1 aromatic heterocycles. The second kappa shape index (κ2) is 8.34. The van der Waals surface area contributed by atoms with Gasteiger partial charge in [-0.2, -0.15) is 0 Å². The number of carbonyl (C=O) groups excluding carboxylic acids is 1. The van der Waals surface area contributed by atoms with Crippen molar-refractivity contribution in [1.29, 1.82) is 0 Å². The van der Waals surface area contributed by atoms with Gasteiger partial charge in [0, 0.05) is 45.0 Å². The topological polar surface area (TPSA) is 49.3 Å². The Hall–Kier alpha value is -1.37. The summed E-state index contributed by atoms with van der Waals surface area (Å²) in [5.41, 5.74) is 0.907. The highest BCUT2D eigenvalue weighted by atomic mass is 79.9. The van der Waals surface area contributed by atoms with Gasteiger partial charge < -0.3 is 9.80 Å². The fourth-order valence-corrected chi connectivity index (χ4v) is 3.39. The molecule has 25 heavy (non-hydrogen) atoms. The zero-order valence-electron chi connectivity index (χ0n) is 13.5. The molecule has 0 radical (unpaired) electrons. The van der Waals surface area contributed by atoms with Gasteiger partial charge in [0.25, 0.3) is 0 Å². The van der Waals surface area contributed by atoms with Crippen molar-refractivity contribution >= 4 is 51.0 Å². The van der Waals surface area contributed by atoms with Crippen molar-refractivity contribution in [2.75, 3.05) is 31.1 Å². The maximum Gasteiger partial charge on any atom is 0.225 e. The van der Waals surface area contributed by atoms with Gasteiger partial charge in [-0.3, -0.25) is 4.79 Å². The molecule has 0 bridgehead atoms. The molecule has 0 unspecified atom stereocenters. The molecule has 0 aliphatic carbocycles. The standard InChI is InChI=1S/C17H17BrCl2N4O/c18-13-10-21-17(22-11-13)24-8-6-23(7-9-24)15(25)5-4-12-2-1-3-14(19)16(12)20/h1-3,10-11H,4-9H2. The highest BCUT2D eigenvalue weighted by Crippen LogP contribution is 2.26. The van der Waals surface area contributed by atoms with Crippen molar-refractivity contribution in [3.05, 3.63) is 50.7 Å². The number of aryl methyl sites for hydroxylation is 1. The van der Waals surface area contributed by atoms with Gasteiger partial charge in [0.1, 0.15) is 0 Å². The van der Waals surface area contributed by atoms with Crippen molar-refractivity contribution in [2.24, 2.45) is 0 Å². The summed E-state index contributed by atoms with van der Waals surface area (Å²) in [7, 11) is 0. The molecule has 1 aliphatic heterocycles. The molecule has 0 N–H and O–H groups in total. The lowest BCUT2D eigenvalue weighted by molar-refractivity contribution is -0.131. The molecule has 5 nitrogen and oxygen atoms in total. The highest BCUT2D eigenvalue weighted by molar-refractivity contribution is 9.10. The summed E-state index contributed by atoms with van der Waals surface area (Å²) >= 11 is 15.5. The molecule has 0 atom stereocenters. The van der Waals surface area contributed by atoms with Crippen LogP contribution in [0, 0.1) is 0 Å². The van der Waals surface area contributed by atoms with Crippen molar-refractivity contribution in [1.82, 2.24) is 14.9 Å². The number of amides is 1.